The summed E-state index contributed by atoms with van der Waals surface area (Å²) in [6, 6.07) is 21.9. The lowest BCUT2D eigenvalue weighted by molar-refractivity contribution is 0.514. The van der Waals surface area contributed by atoms with E-state index in [1.165, 1.54) is 36.4 Å². The van der Waals surface area contributed by atoms with Gasteiger partial charge < -0.3 is 4.57 Å². The van der Waals surface area contributed by atoms with Crippen LogP contribution in [-0.4, -0.2) is 19.9 Å². The molecule has 0 aliphatic carbocycles. The number of pyridine rings is 4. The molecule has 0 atom stereocenters. The van der Waals surface area contributed by atoms with Gasteiger partial charge in [0.15, 0.2) is 0 Å². The molecule has 4 aromatic heterocycles. The number of benzene rings is 1. The van der Waals surface area contributed by atoms with Gasteiger partial charge in [0.05, 0.1) is 22.5 Å². The first-order valence-corrected chi connectivity index (χ1v) is 12.3. The van der Waals surface area contributed by atoms with Gasteiger partial charge in [0.2, 0.25) is 30.9 Å². The number of nitrogens with zero attached hydrogens (tertiary/aromatic N) is 4. The van der Waals surface area contributed by atoms with Crippen molar-refractivity contribution in [3.63, 3.8) is 0 Å². The van der Waals surface area contributed by atoms with Gasteiger partial charge in [-0.2, -0.15) is 27.5 Å². The smallest absolute Gasteiger partial charge is 0.224 e. The Morgan fingerprint density at radius 2 is 0.972 bits per heavy atom. The summed E-state index contributed by atoms with van der Waals surface area (Å²) in [5.74, 6) is -4.08. The van der Waals surface area contributed by atoms with Gasteiger partial charge in [-0.3, -0.25) is 0 Å². The molecular weight excluding hydrogens is 491 g/mol. The first-order valence-electron chi connectivity index (χ1n) is 10.6. The predicted octanol–water partition coefficient (Wildman–Crippen LogP) is 4.80. The van der Waals surface area contributed by atoms with Gasteiger partial charge in [-0.15, -0.1) is 0 Å². The molecule has 0 unspecified atom stereocenters. The van der Waals surface area contributed by atoms with Gasteiger partial charge >= 0.3 is 0 Å². The van der Waals surface area contributed by atoms with Crippen LogP contribution in [0.3, 0.4) is 0 Å². The summed E-state index contributed by atoms with van der Waals surface area (Å²) in [6.45, 7) is 0. The maximum absolute atomic E-state index is 14.8. The molecule has 0 bridgehead atoms. The molecule has 0 N–H and O–H groups in total. The average molecular weight is 506 g/mol. The fourth-order valence-electron chi connectivity index (χ4n) is 3.72. The molecule has 5 rings (SSSR count). The van der Waals surface area contributed by atoms with Gasteiger partial charge in [-0.1, -0.05) is 42.5 Å². The molecule has 0 spiro atoms. The molecule has 0 saturated heterocycles. The average Bonchev–Trinajstić information content (AvgIpc) is 2.89. The van der Waals surface area contributed by atoms with E-state index >= 15 is 0 Å². The molecule has 178 valence electrons. The lowest BCUT2D eigenvalue weighted by Crippen LogP contribution is -2.29. The third-order valence-corrected chi connectivity index (χ3v) is 8.23. The topological polar surface area (TPSA) is 68.6 Å². The Morgan fingerprint density at radius 1 is 0.500 bits per heavy atom. The van der Waals surface area contributed by atoms with E-state index in [1.54, 1.807) is 42.5 Å². The molecule has 0 aliphatic heterocycles. The molecule has 0 saturated carbocycles. The Balaban J connectivity index is 1.71. The second-order valence-corrected chi connectivity index (χ2v) is 10.3. The zero-order chi connectivity index (χ0) is 25.3. The molecule has 0 radical (unpaired) electrons. The Kier molecular flexibility index (Phi) is 6.16. The summed E-state index contributed by atoms with van der Waals surface area (Å²) in [5.41, 5.74) is 0.213. The summed E-state index contributed by atoms with van der Waals surface area (Å²) in [5, 5.41) is 0.384. The quantitative estimate of drug-likeness (QED) is 0.195. The highest BCUT2D eigenvalue weighted by atomic mass is 31.2. The number of rotatable bonds is 5. The van der Waals surface area contributed by atoms with Crippen molar-refractivity contribution >= 4 is 23.3 Å². The van der Waals surface area contributed by atoms with Crippen molar-refractivity contribution in [1.29, 1.82) is 0 Å². The maximum atomic E-state index is 14.8. The third-order valence-electron chi connectivity index (χ3n) is 5.42. The number of hydrogen-bond donors (Lipinski definition) is 0. The van der Waals surface area contributed by atoms with Crippen LogP contribution < -0.4 is 16.2 Å². The maximum Gasteiger partial charge on any atom is 0.224 e. The molecule has 36 heavy (non-hydrogen) atoms. The summed E-state index contributed by atoms with van der Waals surface area (Å²) >= 11 is 0. The van der Waals surface area contributed by atoms with Crippen LogP contribution in [0.25, 0.3) is 22.5 Å². The number of hydrogen-bond acceptors (Lipinski definition) is 5. The fourth-order valence-corrected chi connectivity index (χ4v) is 6.17. The van der Waals surface area contributed by atoms with Crippen LogP contribution >= 0.6 is 7.14 Å². The van der Waals surface area contributed by atoms with E-state index in [-0.39, 0.29) is 33.4 Å². The second kappa shape index (κ2) is 9.43. The zero-order valence-corrected chi connectivity index (χ0v) is 19.2. The Labute approximate surface area is 202 Å². The molecule has 10 heteroatoms. The van der Waals surface area contributed by atoms with Gasteiger partial charge in [0, 0.05) is 5.30 Å². The second-order valence-electron chi connectivity index (χ2n) is 7.65. The highest BCUT2D eigenvalue weighted by Crippen LogP contribution is 2.41. The summed E-state index contributed by atoms with van der Waals surface area (Å²) < 4.78 is 70.2. The van der Waals surface area contributed by atoms with Crippen LogP contribution in [0.4, 0.5) is 17.6 Å². The molecule has 0 aliphatic rings. The van der Waals surface area contributed by atoms with E-state index in [9.17, 15) is 22.1 Å². The van der Waals surface area contributed by atoms with Crippen LogP contribution in [0.15, 0.2) is 91.0 Å². The summed E-state index contributed by atoms with van der Waals surface area (Å²) in [4.78, 5) is 15.3. The SMILES string of the molecule is O=P(c1ccccc1)(c1cccc(-c2ccc(F)nc2F)n1)c1cccc(-c2ccc(F)nc2F)n1. The van der Waals surface area contributed by atoms with E-state index in [1.807, 2.05) is 0 Å². The fraction of sp³-hybridized carbons (Fsp3) is 0. The van der Waals surface area contributed by atoms with Gasteiger partial charge in [-0.05, 0) is 48.5 Å². The molecule has 1 aromatic carbocycles. The molecule has 5 aromatic rings. The zero-order valence-electron chi connectivity index (χ0n) is 18.3. The van der Waals surface area contributed by atoms with E-state index in [4.69, 9.17) is 0 Å². The minimum absolute atomic E-state index is 0.0703. The van der Waals surface area contributed by atoms with E-state index in [2.05, 4.69) is 19.9 Å². The molecule has 0 fully saturated rings. The van der Waals surface area contributed by atoms with Crippen LogP contribution in [0, 0.1) is 23.8 Å². The van der Waals surface area contributed by atoms with E-state index in [0.717, 1.165) is 12.1 Å². The van der Waals surface area contributed by atoms with Crippen molar-refractivity contribution in [1.82, 2.24) is 19.9 Å². The van der Waals surface area contributed by atoms with Gasteiger partial charge in [-0.25, -0.2) is 9.97 Å². The lowest BCUT2D eigenvalue weighted by atomic mass is 10.2. The molecule has 5 nitrogen and oxygen atoms in total. The highest BCUT2D eigenvalue weighted by molar-refractivity contribution is 7.84. The monoisotopic (exact) mass is 506 g/mol. The summed E-state index contributed by atoms with van der Waals surface area (Å²) in [7, 11) is -3.78. The van der Waals surface area contributed by atoms with Crippen molar-refractivity contribution in [2.45, 2.75) is 0 Å². The van der Waals surface area contributed by atoms with Gasteiger partial charge in [0.1, 0.15) is 10.9 Å². The third kappa shape index (κ3) is 4.29. The first-order chi connectivity index (χ1) is 17.4. The van der Waals surface area contributed by atoms with E-state index in [0.29, 0.717) is 5.30 Å². The minimum atomic E-state index is -3.78. The van der Waals surface area contributed by atoms with E-state index < -0.39 is 30.9 Å². The highest BCUT2D eigenvalue weighted by Gasteiger charge is 2.33. The van der Waals surface area contributed by atoms with Crippen LogP contribution in [0.1, 0.15) is 0 Å². The van der Waals surface area contributed by atoms with Gasteiger partial charge in [0.25, 0.3) is 0 Å². The van der Waals surface area contributed by atoms with Crippen molar-refractivity contribution in [3.05, 3.63) is 115 Å². The molecular formula is C26H15F4N4OP. The standard InChI is InChI=1S/C26H15F4N4OP/c27-21-14-12-17(25(29)33-21)19-8-4-10-23(31-19)36(35,16-6-2-1-3-7-16)24-11-5-9-20(32-24)18-13-15-22(28)34-26(18)30/h1-15H. The molecule has 0 amide bonds. The van der Waals surface area contributed by atoms with Crippen molar-refractivity contribution in [2.24, 2.45) is 0 Å². The van der Waals surface area contributed by atoms with Crippen molar-refractivity contribution in [2.75, 3.05) is 0 Å². The van der Waals surface area contributed by atoms with Crippen LogP contribution in [0.5, 0.6) is 0 Å². The molecule has 4 heterocycles. The van der Waals surface area contributed by atoms with Crippen molar-refractivity contribution in [3.8, 4) is 22.5 Å². The lowest BCUT2D eigenvalue weighted by Gasteiger charge is -2.19. The van der Waals surface area contributed by atoms with Crippen LogP contribution in [-0.2, 0) is 4.57 Å². The summed E-state index contributed by atoms with van der Waals surface area (Å²) in [6.07, 6.45) is 0. The number of aromatic nitrogens is 4. The number of halogens is 4. The normalized spacial score (nSPS) is 11.4. The Hall–Kier alpha value is -4.23. The Morgan fingerprint density at radius 3 is 1.42 bits per heavy atom. The largest absolute Gasteiger partial charge is 0.305 e. The Bertz CT molecular complexity index is 1530. The minimum Gasteiger partial charge on any atom is -0.305 e. The van der Waals surface area contributed by atoms with Crippen molar-refractivity contribution < 1.29 is 22.1 Å². The van der Waals surface area contributed by atoms with Crippen LogP contribution in [0.2, 0.25) is 0 Å². The first kappa shape index (κ1) is 23.5. The predicted molar refractivity (Wildman–Crippen MR) is 128 cm³/mol.